The lowest BCUT2D eigenvalue weighted by molar-refractivity contribution is -0.152. The smallest absolute Gasteiger partial charge is 0.307 e. The van der Waals surface area contributed by atoms with Crippen molar-refractivity contribution >= 4 is 17.7 Å². The second kappa shape index (κ2) is 5.36. The Labute approximate surface area is 81.7 Å². The van der Waals surface area contributed by atoms with Crippen LogP contribution in [0.25, 0.3) is 0 Å². The third-order valence-electron chi connectivity index (χ3n) is 2.16. The number of carbonyl (C=O) groups excluding carboxylic acids is 1. The highest BCUT2D eigenvalue weighted by Crippen LogP contribution is 2.20. The minimum absolute atomic E-state index is 0.277. The molecule has 0 saturated carbocycles. The number of carbonyl (C=O) groups is 3. The van der Waals surface area contributed by atoms with Crippen LogP contribution in [-0.2, 0) is 14.4 Å². The topological polar surface area (TPSA) is 91.7 Å². The molecule has 0 aliphatic carbocycles. The summed E-state index contributed by atoms with van der Waals surface area (Å²) in [5, 5.41) is 17.2. The van der Waals surface area contributed by atoms with Gasteiger partial charge in [-0.25, -0.2) is 0 Å². The molecule has 0 aromatic heterocycles. The standard InChI is InChI=1S/C9H14O5/c1-3-6(5(2)10)7(9(13)14)4-8(11)12/h6-7H,3-4H2,1-2H3,(H,11,12)(H,13,14). The normalized spacial score (nSPS) is 14.4. The summed E-state index contributed by atoms with van der Waals surface area (Å²) in [5.74, 6) is -4.52. The van der Waals surface area contributed by atoms with Gasteiger partial charge in [0.2, 0.25) is 0 Å². The number of hydrogen-bond acceptors (Lipinski definition) is 3. The van der Waals surface area contributed by atoms with Crippen LogP contribution in [-0.4, -0.2) is 27.9 Å². The van der Waals surface area contributed by atoms with Gasteiger partial charge in [-0.2, -0.15) is 0 Å². The molecular weight excluding hydrogens is 188 g/mol. The maximum atomic E-state index is 11.0. The number of rotatable bonds is 6. The predicted molar refractivity (Wildman–Crippen MR) is 47.8 cm³/mol. The molecule has 0 aliphatic rings. The third kappa shape index (κ3) is 3.55. The van der Waals surface area contributed by atoms with Gasteiger partial charge in [0.1, 0.15) is 5.78 Å². The molecule has 2 unspecified atom stereocenters. The van der Waals surface area contributed by atoms with Crippen LogP contribution in [0, 0.1) is 11.8 Å². The first kappa shape index (κ1) is 12.6. The van der Waals surface area contributed by atoms with Gasteiger partial charge >= 0.3 is 11.9 Å². The fourth-order valence-electron chi connectivity index (χ4n) is 1.45. The van der Waals surface area contributed by atoms with Gasteiger partial charge in [0.05, 0.1) is 12.3 Å². The van der Waals surface area contributed by atoms with Crippen LogP contribution >= 0.6 is 0 Å². The fourth-order valence-corrected chi connectivity index (χ4v) is 1.45. The van der Waals surface area contributed by atoms with E-state index in [1.54, 1.807) is 6.92 Å². The second-order valence-electron chi connectivity index (χ2n) is 3.17. The molecule has 0 aromatic carbocycles. The Kier molecular flexibility index (Phi) is 4.83. The highest BCUT2D eigenvalue weighted by Gasteiger charge is 2.31. The van der Waals surface area contributed by atoms with E-state index >= 15 is 0 Å². The molecule has 2 atom stereocenters. The van der Waals surface area contributed by atoms with Crippen LogP contribution in [0.5, 0.6) is 0 Å². The average Bonchev–Trinajstić information content (AvgIpc) is 2.02. The predicted octanol–water partition coefficient (Wildman–Crippen LogP) is 0.777. The van der Waals surface area contributed by atoms with Crippen molar-refractivity contribution in [1.29, 1.82) is 0 Å². The summed E-state index contributed by atoms with van der Waals surface area (Å²) in [4.78, 5) is 32.2. The van der Waals surface area contributed by atoms with Gasteiger partial charge in [0.15, 0.2) is 0 Å². The zero-order valence-corrected chi connectivity index (χ0v) is 8.19. The van der Waals surface area contributed by atoms with Crippen molar-refractivity contribution in [2.24, 2.45) is 11.8 Å². The summed E-state index contributed by atoms with van der Waals surface area (Å²) in [6, 6.07) is 0. The van der Waals surface area contributed by atoms with Gasteiger partial charge < -0.3 is 10.2 Å². The van der Waals surface area contributed by atoms with Crippen LogP contribution < -0.4 is 0 Å². The Bertz CT molecular complexity index is 246. The monoisotopic (exact) mass is 202 g/mol. The van der Waals surface area contributed by atoms with Gasteiger partial charge in [-0.15, -0.1) is 0 Å². The lowest BCUT2D eigenvalue weighted by Gasteiger charge is -2.18. The second-order valence-corrected chi connectivity index (χ2v) is 3.17. The van der Waals surface area contributed by atoms with Crippen molar-refractivity contribution in [3.8, 4) is 0 Å². The third-order valence-corrected chi connectivity index (χ3v) is 2.16. The molecule has 0 amide bonds. The minimum atomic E-state index is -1.23. The molecule has 80 valence electrons. The quantitative estimate of drug-likeness (QED) is 0.664. The largest absolute Gasteiger partial charge is 0.481 e. The van der Waals surface area contributed by atoms with E-state index in [0.717, 1.165) is 0 Å². The van der Waals surface area contributed by atoms with E-state index in [1.165, 1.54) is 6.92 Å². The Balaban J connectivity index is 4.69. The molecule has 0 rings (SSSR count). The molecule has 5 heteroatoms. The number of carboxylic acids is 2. The maximum absolute atomic E-state index is 11.0. The number of carboxylic acid groups (broad SMARTS) is 2. The van der Waals surface area contributed by atoms with Crippen molar-refractivity contribution < 1.29 is 24.6 Å². The summed E-state index contributed by atoms with van der Waals surface area (Å²) in [5.41, 5.74) is 0. The van der Waals surface area contributed by atoms with E-state index in [2.05, 4.69) is 0 Å². The van der Waals surface area contributed by atoms with Crippen molar-refractivity contribution in [1.82, 2.24) is 0 Å². The zero-order chi connectivity index (χ0) is 11.3. The van der Waals surface area contributed by atoms with Crippen molar-refractivity contribution in [3.05, 3.63) is 0 Å². The average molecular weight is 202 g/mol. The van der Waals surface area contributed by atoms with Crippen LogP contribution in [0.3, 0.4) is 0 Å². The fraction of sp³-hybridized carbons (Fsp3) is 0.667. The Hall–Kier alpha value is -1.39. The molecule has 0 bridgehead atoms. The highest BCUT2D eigenvalue weighted by molar-refractivity contribution is 5.86. The summed E-state index contributed by atoms with van der Waals surface area (Å²) in [6.07, 6.45) is -0.160. The van der Waals surface area contributed by atoms with Gasteiger partial charge in [-0.05, 0) is 13.3 Å². The van der Waals surface area contributed by atoms with E-state index in [4.69, 9.17) is 10.2 Å². The zero-order valence-electron chi connectivity index (χ0n) is 8.19. The molecule has 14 heavy (non-hydrogen) atoms. The van der Waals surface area contributed by atoms with Crippen LogP contribution in [0.1, 0.15) is 26.7 Å². The van der Waals surface area contributed by atoms with Crippen LogP contribution in [0.15, 0.2) is 0 Å². The number of Topliss-reactive ketones (excluding diaryl/α,β-unsaturated/α-hetero) is 1. The van der Waals surface area contributed by atoms with Gasteiger partial charge in [0.25, 0.3) is 0 Å². The van der Waals surface area contributed by atoms with Crippen molar-refractivity contribution in [3.63, 3.8) is 0 Å². The van der Waals surface area contributed by atoms with Crippen LogP contribution in [0.4, 0.5) is 0 Å². The Morgan fingerprint density at radius 1 is 1.14 bits per heavy atom. The van der Waals surface area contributed by atoms with Crippen molar-refractivity contribution in [2.45, 2.75) is 26.7 Å². The van der Waals surface area contributed by atoms with E-state index in [0.29, 0.717) is 6.42 Å². The first-order valence-electron chi connectivity index (χ1n) is 4.35. The Morgan fingerprint density at radius 2 is 1.64 bits per heavy atom. The number of aliphatic carboxylic acids is 2. The van der Waals surface area contributed by atoms with E-state index in [9.17, 15) is 14.4 Å². The Morgan fingerprint density at radius 3 is 1.86 bits per heavy atom. The van der Waals surface area contributed by atoms with E-state index in [1.807, 2.05) is 0 Å². The highest BCUT2D eigenvalue weighted by atomic mass is 16.4. The van der Waals surface area contributed by atoms with Gasteiger partial charge in [-0.1, -0.05) is 6.92 Å². The molecule has 0 fully saturated rings. The molecule has 0 heterocycles. The SMILES string of the molecule is CCC(C(C)=O)C(CC(=O)O)C(=O)O. The molecule has 0 radical (unpaired) electrons. The maximum Gasteiger partial charge on any atom is 0.307 e. The summed E-state index contributed by atoms with van der Waals surface area (Å²) >= 11 is 0. The van der Waals surface area contributed by atoms with Crippen LogP contribution in [0.2, 0.25) is 0 Å². The molecule has 0 saturated heterocycles. The number of hydrogen-bond donors (Lipinski definition) is 2. The molecular formula is C9H14O5. The molecule has 5 nitrogen and oxygen atoms in total. The van der Waals surface area contributed by atoms with Gasteiger partial charge in [0, 0.05) is 5.92 Å². The molecule has 0 aromatic rings. The van der Waals surface area contributed by atoms with Crippen molar-refractivity contribution in [2.75, 3.05) is 0 Å². The number of ketones is 1. The van der Waals surface area contributed by atoms with E-state index in [-0.39, 0.29) is 5.78 Å². The van der Waals surface area contributed by atoms with E-state index < -0.39 is 30.2 Å². The summed E-state index contributed by atoms with van der Waals surface area (Å²) < 4.78 is 0. The minimum Gasteiger partial charge on any atom is -0.481 e. The lowest BCUT2D eigenvalue weighted by atomic mass is 9.85. The summed E-state index contributed by atoms with van der Waals surface area (Å²) in [6.45, 7) is 2.95. The molecule has 0 aliphatic heterocycles. The lowest BCUT2D eigenvalue weighted by Crippen LogP contribution is -2.30. The molecule has 2 N–H and O–H groups in total. The van der Waals surface area contributed by atoms with Gasteiger partial charge in [-0.3, -0.25) is 14.4 Å². The first-order chi connectivity index (χ1) is 6.40. The molecule has 0 spiro atoms. The summed E-state index contributed by atoms with van der Waals surface area (Å²) in [7, 11) is 0. The first-order valence-corrected chi connectivity index (χ1v) is 4.35.